The van der Waals surface area contributed by atoms with Crippen LogP contribution >= 0.6 is 11.3 Å². The van der Waals surface area contributed by atoms with Gasteiger partial charge in [-0.25, -0.2) is 9.78 Å². The number of anilines is 1. The number of hydrogen-bond donors (Lipinski definition) is 1. The fraction of sp³-hybridized carbons (Fsp3) is 0.600. The maximum atomic E-state index is 11.2. The van der Waals surface area contributed by atoms with E-state index in [0.717, 1.165) is 6.42 Å². The van der Waals surface area contributed by atoms with Crippen LogP contribution in [0.15, 0.2) is 5.38 Å². The lowest BCUT2D eigenvalue weighted by Crippen LogP contribution is -2.23. The highest BCUT2D eigenvalue weighted by molar-refractivity contribution is 7.13. The van der Waals surface area contributed by atoms with Crippen LogP contribution < -0.4 is 5.32 Å². The zero-order chi connectivity index (χ0) is 12.0. The maximum absolute atomic E-state index is 11.2. The van der Waals surface area contributed by atoms with E-state index in [1.165, 1.54) is 18.4 Å². The minimum Gasteiger partial charge on any atom is -0.464 e. The number of rotatable bonds is 6. The molecule has 5 nitrogen and oxygen atoms in total. The highest BCUT2D eigenvalue weighted by Gasteiger charge is 2.12. The molecule has 90 valence electrons. The predicted octanol–water partition coefficient (Wildman–Crippen LogP) is 1.77. The van der Waals surface area contributed by atoms with Crippen molar-refractivity contribution < 1.29 is 14.3 Å². The molecule has 16 heavy (non-hydrogen) atoms. The molecular formula is C10H16N2O3S. The van der Waals surface area contributed by atoms with Crippen LogP contribution in [0.2, 0.25) is 0 Å². The molecule has 1 aromatic heterocycles. The Hall–Kier alpha value is -1.14. The van der Waals surface area contributed by atoms with Crippen LogP contribution in [0, 0.1) is 0 Å². The molecule has 1 aromatic rings. The highest BCUT2D eigenvalue weighted by atomic mass is 32.1. The molecule has 0 amide bonds. The standard InChI is InChI=1S/C10H16N2O3S/c1-4-7(5-14-2)11-10-12-8(6-16-10)9(13)15-3/h6-7H,4-5H2,1-3H3,(H,11,12). The molecule has 0 bridgehead atoms. The van der Waals surface area contributed by atoms with Crippen LogP contribution in [0.25, 0.3) is 0 Å². The van der Waals surface area contributed by atoms with E-state index in [0.29, 0.717) is 17.4 Å². The largest absolute Gasteiger partial charge is 0.464 e. The third-order valence-electron chi connectivity index (χ3n) is 2.09. The number of aromatic nitrogens is 1. The van der Waals surface area contributed by atoms with Gasteiger partial charge in [-0.15, -0.1) is 11.3 Å². The van der Waals surface area contributed by atoms with Gasteiger partial charge in [-0.2, -0.15) is 0 Å². The molecule has 0 radical (unpaired) electrons. The fourth-order valence-electron chi connectivity index (χ4n) is 1.18. The topological polar surface area (TPSA) is 60.5 Å². The Kier molecular flexibility index (Phi) is 5.21. The van der Waals surface area contributed by atoms with Gasteiger partial charge in [0.1, 0.15) is 0 Å². The van der Waals surface area contributed by atoms with Crippen molar-refractivity contribution in [3.8, 4) is 0 Å². The van der Waals surface area contributed by atoms with Crippen molar-refractivity contribution in [3.63, 3.8) is 0 Å². The van der Waals surface area contributed by atoms with Gasteiger partial charge in [0.2, 0.25) is 0 Å². The molecule has 1 unspecified atom stereocenters. The Bertz CT molecular complexity index is 341. The second-order valence-electron chi connectivity index (χ2n) is 3.23. The van der Waals surface area contributed by atoms with E-state index in [9.17, 15) is 4.79 Å². The number of ether oxygens (including phenoxy) is 2. The van der Waals surface area contributed by atoms with E-state index in [1.807, 2.05) is 0 Å². The normalized spacial score (nSPS) is 12.2. The summed E-state index contributed by atoms with van der Waals surface area (Å²) in [5.74, 6) is -0.413. The van der Waals surface area contributed by atoms with E-state index in [2.05, 4.69) is 22.0 Å². The first-order chi connectivity index (χ1) is 7.71. The van der Waals surface area contributed by atoms with E-state index in [-0.39, 0.29) is 6.04 Å². The smallest absolute Gasteiger partial charge is 0.357 e. The molecule has 6 heteroatoms. The van der Waals surface area contributed by atoms with Crippen LogP contribution in [-0.4, -0.2) is 37.8 Å². The van der Waals surface area contributed by atoms with E-state index < -0.39 is 5.97 Å². The Morgan fingerprint density at radius 2 is 2.38 bits per heavy atom. The number of carbonyl (C=O) groups excluding carboxylic acids is 1. The lowest BCUT2D eigenvalue weighted by molar-refractivity contribution is 0.0595. The Morgan fingerprint density at radius 1 is 1.62 bits per heavy atom. The number of carbonyl (C=O) groups is 1. The minimum atomic E-state index is -0.413. The summed E-state index contributed by atoms with van der Waals surface area (Å²) in [5.41, 5.74) is 0.335. The van der Waals surface area contributed by atoms with Gasteiger partial charge >= 0.3 is 5.97 Å². The predicted molar refractivity (Wildman–Crippen MR) is 63.0 cm³/mol. The summed E-state index contributed by atoms with van der Waals surface area (Å²) in [4.78, 5) is 15.3. The number of nitrogens with zero attached hydrogens (tertiary/aromatic N) is 1. The molecule has 0 aliphatic carbocycles. The zero-order valence-electron chi connectivity index (χ0n) is 9.65. The van der Waals surface area contributed by atoms with Crippen molar-refractivity contribution in [1.29, 1.82) is 0 Å². The monoisotopic (exact) mass is 244 g/mol. The van der Waals surface area contributed by atoms with Crippen molar-refractivity contribution >= 4 is 22.4 Å². The summed E-state index contributed by atoms with van der Waals surface area (Å²) < 4.78 is 9.65. The van der Waals surface area contributed by atoms with Gasteiger partial charge in [0.25, 0.3) is 0 Å². The molecule has 0 aliphatic rings. The molecule has 1 rings (SSSR count). The Balaban J connectivity index is 2.60. The quantitative estimate of drug-likeness (QED) is 0.773. The first kappa shape index (κ1) is 12.9. The van der Waals surface area contributed by atoms with Crippen LogP contribution in [0.4, 0.5) is 5.13 Å². The molecule has 1 atom stereocenters. The Morgan fingerprint density at radius 3 is 2.94 bits per heavy atom. The summed E-state index contributed by atoms with van der Waals surface area (Å²) in [6.45, 7) is 2.68. The van der Waals surface area contributed by atoms with Crippen molar-refractivity contribution in [3.05, 3.63) is 11.1 Å². The SMILES string of the molecule is CCC(COC)Nc1nc(C(=O)OC)cs1. The first-order valence-corrected chi connectivity index (χ1v) is 5.88. The van der Waals surface area contributed by atoms with Crippen LogP contribution in [-0.2, 0) is 9.47 Å². The maximum Gasteiger partial charge on any atom is 0.357 e. The van der Waals surface area contributed by atoms with E-state index >= 15 is 0 Å². The molecule has 1 heterocycles. The lowest BCUT2D eigenvalue weighted by Gasteiger charge is -2.14. The third kappa shape index (κ3) is 3.46. The number of nitrogens with one attached hydrogen (secondary N) is 1. The summed E-state index contributed by atoms with van der Waals surface area (Å²) in [5, 5.41) is 5.59. The number of esters is 1. The van der Waals surface area contributed by atoms with Crippen LogP contribution in [0.1, 0.15) is 23.8 Å². The number of thiazole rings is 1. The van der Waals surface area contributed by atoms with E-state index in [1.54, 1.807) is 12.5 Å². The van der Waals surface area contributed by atoms with Gasteiger partial charge in [-0.1, -0.05) is 6.92 Å². The molecule has 0 saturated carbocycles. The second kappa shape index (κ2) is 6.44. The number of hydrogen-bond acceptors (Lipinski definition) is 6. The summed E-state index contributed by atoms with van der Waals surface area (Å²) >= 11 is 1.38. The molecule has 1 N–H and O–H groups in total. The van der Waals surface area contributed by atoms with Crippen molar-refractivity contribution in [2.45, 2.75) is 19.4 Å². The zero-order valence-corrected chi connectivity index (χ0v) is 10.5. The molecule has 0 aromatic carbocycles. The van der Waals surface area contributed by atoms with Crippen molar-refractivity contribution in [2.24, 2.45) is 0 Å². The van der Waals surface area contributed by atoms with E-state index in [4.69, 9.17) is 4.74 Å². The van der Waals surface area contributed by atoms with Gasteiger partial charge in [-0.05, 0) is 6.42 Å². The third-order valence-corrected chi connectivity index (χ3v) is 2.86. The molecule has 0 aliphatic heterocycles. The second-order valence-corrected chi connectivity index (χ2v) is 4.09. The van der Waals surface area contributed by atoms with Gasteiger partial charge < -0.3 is 14.8 Å². The Labute approximate surface area is 98.8 Å². The fourth-order valence-corrected chi connectivity index (χ4v) is 1.93. The summed E-state index contributed by atoms with van der Waals surface area (Å²) in [7, 11) is 3.00. The lowest BCUT2D eigenvalue weighted by atomic mass is 10.2. The van der Waals surface area contributed by atoms with Gasteiger partial charge in [-0.3, -0.25) is 0 Å². The van der Waals surface area contributed by atoms with Crippen LogP contribution in [0.5, 0.6) is 0 Å². The number of methoxy groups -OCH3 is 2. The minimum absolute atomic E-state index is 0.210. The molecule has 0 saturated heterocycles. The average molecular weight is 244 g/mol. The average Bonchev–Trinajstić information content (AvgIpc) is 2.76. The summed E-state index contributed by atoms with van der Waals surface area (Å²) in [6, 6.07) is 0.210. The molecule has 0 fully saturated rings. The van der Waals surface area contributed by atoms with Crippen LogP contribution in [0.3, 0.4) is 0 Å². The van der Waals surface area contributed by atoms with Crippen molar-refractivity contribution in [1.82, 2.24) is 4.98 Å². The molecular weight excluding hydrogens is 228 g/mol. The van der Waals surface area contributed by atoms with Gasteiger partial charge in [0, 0.05) is 12.5 Å². The molecule has 0 spiro atoms. The van der Waals surface area contributed by atoms with Crippen molar-refractivity contribution in [2.75, 3.05) is 26.1 Å². The van der Waals surface area contributed by atoms with Gasteiger partial charge in [0.05, 0.1) is 19.8 Å². The summed E-state index contributed by atoms with van der Waals surface area (Å²) in [6.07, 6.45) is 0.932. The first-order valence-electron chi connectivity index (χ1n) is 5.00. The highest BCUT2D eigenvalue weighted by Crippen LogP contribution is 2.17. The van der Waals surface area contributed by atoms with Gasteiger partial charge in [0.15, 0.2) is 10.8 Å².